The number of nitrogens with zero attached hydrogens (tertiary/aromatic N) is 1. The Balaban J connectivity index is 1.95. The highest BCUT2D eigenvalue weighted by Gasteiger charge is 2.55. The molecule has 2 saturated heterocycles. The van der Waals surface area contributed by atoms with E-state index in [0.717, 1.165) is 31.3 Å². The van der Waals surface area contributed by atoms with Gasteiger partial charge in [0.1, 0.15) is 42.7 Å². The maximum atomic E-state index is 13.8. The minimum absolute atomic E-state index is 0.222. The van der Waals surface area contributed by atoms with Crippen LogP contribution in [0.15, 0.2) is 18.2 Å². The van der Waals surface area contributed by atoms with Crippen molar-refractivity contribution in [2.24, 2.45) is 0 Å². The highest BCUT2D eigenvalue weighted by atomic mass is 16.7. The van der Waals surface area contributed by atoms with Crippen molar-refractivity contribution in [1.82, 2.24) is 4.90 Å². The third-order valence-corrected chi connectivity index (χ3v) is 7.13. The second-order valence-corrected chi connectivity index (χ2v) is 9.69. The van der Waals surface area contributed by atoms with Crippen LogP contribution in [0.1, 0.15) is 12.5 Å². The molecule has 11 atom stereocenters. The van der Waals surface area contributed by atoms with E-state index >= 15 is 0 Å². The number of phenolic OH excluding ortho intramolecular Hbond substituents is 2. The number of likely N-dealkylation sites (N-methyl/N-ethyl adjacent to an activating group) is 1. The molecule has 0 radical (unpaired) electrons. The Morgan fingerprint density at radius 3 is 1.98 bits per heavy atom. The standard InChI is InChI=1S/C25H35NO16/c1-4-26(10(22(34)35)7-9-5-6-11(27)12(28)8-9)21(33)19-18(14(30)15(31)24(39-3)41-19)40-25-16(32)13(29)17(38-2)20(42-25)23(36)37/h5-6,8,10,13-20,24-25,27-32H,4,7H2,1-3H3,(H,34,35)(H,36,37)/t10?,13?,14?,15?,16?,17?,18?,19-,20?,24-,25?/m1/s1. The van der Waals surface area contributed by atoms with Crippen LogP contribution in [-0.4, -0.2) is 152 Å². The van der Waals surface area contributed by atoms with Crippen molar-refractivity contribution in [2.45, 2.75) is 80.8 Å². The second-order valence-electron chi connectivity index (χ2n) is 9.69. The molecule has 1 aromatic rings. The molecule has 2 aliphatic rings. The van der Waals surface area contributed by atoms with E-state index in [1.807, 2.05) is 0 Å². The Morgan fingerprint density at radius 2 is 1.45 bits per heavy atom. The van der Waals surface area contributed by atoms with Gasteiger partial charge in [-0.1, -0.05) is 6.07 Å². The fourth-order valence-electron chi connectivity index (χ4n) is 4.89. The molecule has 236 valence electrons. The molecule has 17 heteroatoms. The van der Waals surface area contributed by atoms with Gasteiger partial charge in [-0.2, -0.15) is 0 Å². The zero-order valence-corrected chi connectivity index (χ0v) is 22.8. The summed E-state index contributed by atoms with van der Waals surface area (Å²) in [7, 11) is 2.18. The Hall–Kier alpha value is -3.13. The number of rotatable bonds is 11. The minimum Gasteiger partial charge on any atom is -0.504 e. The summed E-state index contributed by atoms with van der Waals surface area (Å²) in [5, 5.41) is 81.3. The first-order valence-corrected chi connectivity index (χ1v) is 12.8. The number of hydrogen-bond donors (Lipinski definition) is 8. The van der Waals surface area contributed by atoms with Crippen LogP contribution >= 0.6 is 0 Å². The van der Waals surface area contributed by atoms with E-state index in [1.165, 1.54) is 13.0 Å². The molecule has 2 heterocycles. The Kier molecular flexibility index (Phi) is 11.0. The summed E-state index contributed by atoms with van der Waals surface area (Å²) in [5.74, 6) is -5.07. The molecular weight excluding hydrogens is 570 g/mol. The third kappa shape index (κ3) is 6.74. The molecule has 8 N–H and O–H groups in total. The summed E-state index contributed by atoms with van der Waals surface area (Å²) in [6.07, 6.45) is -18.7. The normalized spacial score (nSPS) is 34.0. The van der Waals surface area contributed by atoms with Crippen LogP contribution in [-0.2, 0) is 44.5 Å². The number of aliphatic hydroxyl groups is 4. The Labute approximate surface area is 239 Å². The minimum atomic E-state index is -1.98. The number of aromatic hydroxyl groups is 2. The first-order chi connectivity index (χ1) is 19.8. The fraction of sp³-hybridized carbons (Fsp3) is 0.640. The number of phenols is 2. The number of carboxylic acids is 2. The molecule has 42 heavy (non-hydrogen) atoms. The molecule has 0 spiro atoms. The first-order valence-electron chi connectivity index (χ1n) is 12.8. The first kappa shape index (κ1) is 33.4. The van der Waals surface area contributed by atoms with E-state index in [9.17, 15) is 55.2 Å². The van der Waals surface area contributed by atoms with Gasteiger partial charge in [-0.25, -0.2) is 9.59 Å². The van der Waals surface area contributed by atoms with E-state index in [-0.39, 0.29) is 18.5 Å². The molecule has 2 aliphatic heterocycles. The zero-order chi connectivity index (χ0) is 31.5. The van der Waals surface area contributed by atoms with Crippen LogP contribution in [0.2, 0.25) is 0 Å². The summed E-state index contributed by atoms with van der Waals surface area (Å²) in [6, 6.07) is 2.02. The molecule has 0 bridgehead atoms. The average Bonchev–Trinajstić information content (AvgIpc) is 2.95. The van der Waals surface area contributed by atoms with E-state index in [4.69, 9.17) is 23.7 Å². The SMILES string of the molecule is CCN(C(=O)[C@@H]1O[C@@H](OC)C(O)C(O)C1OC1OC(C(=O)O)C(OC)C(O)C1O)C(Cc1ccc(O)c(O)c1)C(=O)O. The maximum absolute atomic E-state index is 13.8. The predicted octanol–water partition coefficient (Wildman–Crippen LogP) is -3.03. The van der Waals surface area contributed by atoms with Crippen molar-refractivity contribution >= 4 is 17.8 Å². The summed E-state index contributed by atoms with van der Waals surface area (Å²) in [6.45, 7) is 1.23. The van der Waals surface area contributed by atoms with Gasteiger partial charge in [0, 0.05) is 27.2 Å². The lowest BCUT2D eigenvalue weighted by Crippen LogP contribution is -2.67. The van der Waals surface area contributed by atoms with Crippen molar-refractivity contribution in [1.29, 1.82) is 0 Å². The van der Waals surface area contributed by atoms with Crippen molar-refractivity contribution in [3.8, 4) is 11.5 Å². The number of ether oxygens (including phenoxy) is 5. The van der Waals surface area contributed by atoms with Gasteiger partial charge in [0.2, 0.25) is 0 Å². The van der Waals surface area contributed by atoms with Crippen molar-refractivity contribution in [3.63, 3.8) is 0 Å². The number of carbonyl (C=O) groups excluding carboxylic acids is 1. The Morgan fingerprint density at radius 1 is 0.857 bits per heavy atom. The summed E-state index contributed by atoms with van der Waals surface area (Å²) in [5.41, 5.74) is 0.242. The summed E-state index contributed by atoms with van der Waals surface area (Å²) >= 11 is 0. The van der Waals surface area contributed by atoms with E-state index < -0.39 is 96.8 Å². The number of benzene rings is 1. The lowest BCUT2D eigenvalue weighted by Gasteiger charge is -2.46. The molecule has 0 aliphatic carbocycles. The lowest BCUT2D eigenvalue weighted by molar-refractivity contribution is -0.349. The molecule has 1 amide bonds. The number of aliphatic hydroxyl groups excluding tert-OH is 4. The van der Waals surface area contributed by atoms with E-state index in [2.05, 4.69) is 0 Å². The van der Waals surface area contributed by atoms with Gasteiger partial charge in [0.05, 0.1) is 0 Å². The van der Waals surface area contributed by atoms with Crippen molar-refractivity contribution < 1.29 is 78.9 Å². The van der Waals surface area contributed by atoms with E-state index in [0.29, 0.717) is 0 Å². The number of methoxy groups -OCH3 is 2. The monoisotopic (exact) mass is 605 g/mol. The molecule has 9 unspecified atom stereocenters. The molecule has 3 rings (SSSR count). The van der Waals surface area contributed by atoms with Gasteiger partial charge in [-0.3, -0.25) is 4.79 Å². The van der Waals surface area contributed by atoms with Crippen molar-refractivity contribution in [2.75, 3.05) is 20.8 Å². The molecule has 0 saturated carbocycles. The topological polar surface area (TPSA) is 262 Å². The van der Waals surface area contributed by atoms with Crippen LogP contribution in [0.3, 0.4) is 0 Å². The highest BCUT2D eigenvalue weighted by Crippen LogP contribution is 2.32. The number of amides is 1. The number of hydrogen-bond acceptors (Lipinski definition) is 14. The van der Waals surface area contributed by atoms with Gasteiger partial charge in [-0.15, -0.1) is 0 Å². The Bertz CT molecular complexity index is 1120. The van der Waals surface area contributed by atoms with Gasteiger partial charge < -0.3 is 69.4 Å². The number of aliphatic carboxylic acids is 2. The third-order valence-electron chi connectivity index (χ3n) is 7.13. The maximum Gasteiger partial charge on any atom is 0.335 e. The lowest BCUT2D eigenvalue weighted by atomic mass is 9.95. The van der Waals surface area contributed by atoms with E-state index in [1.54, 1.807) is 0 Å². The van der Waals surface area contributed by atoms with Gasteiger partial charge in [-0.05, 0) is 24.6 Å². The number of carboxylic acid groups (broad SMARTS) is 2. The molecule has 17 nitrogen and oxygen atoms in total. The van der Waals surface area contributed by atoms with Crippen LogP contribution < -0.4 is 0 Å². The molecule has 0 aromatic heterocycles. The largest absolute Gasteiger partial charge is 0.504 e. The van der Waals surface area contributed by atoms with Crippen LogP contribution in [0, 0.1) is 0 Å². The molecule has 1 aromatic carbocycles. The van der Waals surface area contributed by atoms with Crippen LogP contribution in [0.4, 0.5) is 0 Å². The molecular formula is C25H35NO16. The fourth-order valence-corrected chi connectivity index (χ4v) is 4.89. The van der Waals surface area contributed by atoms with Gasteiger partial charge >= 0.3 is 11.9 Å². The smallest absolute Gasteiger partial charge is 0.335 e. The zero-order valence-electron chi connectivity index (χ0n) is 22.8. The van der Waals surface area contributed by atoms with Gasteiger partial charge in [0.15, 0.2) is 36.3 Å². The second kappa shape index (κ2) is 13.9. The quantitative estimate of drug-likeness (QED) is 0.117. The van der Waals surface area contributed by atoms with Gasteiger partial charge in [0.25, 0.3) is 5.91 Å². The summed E-state index contributed by atoms with van der Waals surface area (Å²) in [4.78, 5) is 38.7. The highest BCUT2D eigenvalue weighted by molar-refractivity contribution is 5.87. The molecule has 2 fully saturated rings. The predicted molar refractivity (Wildman–Crippen MR) is 134 cm³/mol. The average molecular weight is 606 g/mol. The van der Waals surface area contributed by atoms with Crippen molar-refractivity contribution in [3.05, 3.63) is 23.8 Å². The van der Waals surface area contributed by atoms with Crippen LogP contribution in [0.25, 0.3) is 0 Å². The number of carbonyl (C=O) groups is 3. The van der Waals surface area contributed by atoms with Crippen LogP contribution in [0.5, 0.6) is 11.5 Å². The summed E-state index contributed by atoms with van der Waals surface area (Å²) < 4.78 is 26.3.